The molecule has 0 bridgehead atoms. The van der Waals surface area contributed by atoms with Gasteiger partial charge in [-0.3, -0.25) is 0 Å². The van der Waals surface area contributed by atoms with Crippen LogP contribution in [0.4, 0.5) is 0 Å². The van der Waals surface area contributed by atoms with Gasteiger partial charge in [0.05, 0.1) is 12.0 Å². The van der Waals surface area contributed by atoms with Gasteiger partial charge in [-0.05, 0) is 42.2 Å². The van der Waals surface area contributed by atoms with Crippen LogP contribution < -0.4 is 18.9 Å². The lowest BCUT2D eigenvalue weighted by Crippen LogP contribution is -2.30. The summed E-state index contributed by atoms with van der Waals surface area (Å²) in [6.45, 7) is 5.00. The molecule has 0 spiro atoms. The number of fused-ring (bicyclic) bond motifs is 1. The Kier molecular flexibility index (Phi) is 5.92. The van der Waals surface area contributed by atoms with Crippen molar-refractivity contribution >= 4 is 10.0 Å². The zero-order valence-corrected chi connectivity index (χ0v) is 16.6. The minimum absolute atomic E-state index is 0.161. The van der Waals surface area contributed by atoms with Gasteiger partial charge in [0, 0.05) is 12.1 Å². The second-order valence-corrected chi connectivity index (χ2v) is 8.60. The topological polar surface area (TPSA) is 73.9 Å². The van der Waals surface area contributed by atoms with E-state index in [1.807, 2.05) is 24.3 Å². The highest BCUT2D eigenvalue weighted by Crippen LogP contribution is 2.33. The summed E-state index contributed by atoms with van der Waals surface area (Å²) in [6.07, 6.45) is 0.677. The van der Waals surface area contributed by atoms with Crippen molar-refractivity contribution < 1.29 is 22.6 Å². The van der Waals surface area contributed by atoms with Gasteiger partial charge in [-0.15, -0.1) is 0 Å². The number of methoxy groups -OCH3 is 1. The summed E-state index contributed by atoms with van der Waals surface area (Å²) >= 11 is 0. The standard InChI is InChI=1S/C20H25NO5S/c1-14(2)12-18(15-4-6-16(24-3)7-5-15)21-27(22,23)17-8-9-19-20(13-17)26-11-10-25-19/h4-9,13-14,18,21H,10-12H2,1-3H3/t18-/m1/s1. The lowest BCUT2D eigenvalue weighted by atomic mass is 9.98. The Hall–Kier alpha value is -2.25. The number of nitrogens with one attached hydrogen (secondary N) is 1. The molecule has 1 atom stereocenters. The predicted octanol–water partition coefficient (Wildman–Crippen LogP) is 3.53. The van der Waals surface area contributed by atoms with E-state index < -0.39 is 10.0 Å². The summed E-state index contributed by atoms with van der Waals surface area (Å²) < 4.78 is 44.9. The number of ether oxygens (including phenoxy) is 3. The normalized spacial score (nSPS) is 14.8. The van der Waals surface area contributed by atoms with Crippen molar-refractivity contribution in [3.05, 3.63) is 48.0 Å². The number of hydrogen-bond acceptors (Lipinski definition) is 5. The summed E-state index contributed by atoms with van der Waals surface area (Å²) in [6, 6.07) is 11.8. The molecule has 0 amide bonds. The summed E-state index contributed by atoms with van der Waals surface area (Å²) in [4.78, 5) is 0.161. The maximum atomic E-state index is 13.0. The Morgan fingerprint density at radius 3 is 2.33 bits per heavy atom. The van der Waals surface area contributed by atoms with Crippen LogP contribution in [-0.2, 0) is 10.0 Å². The molecule has 146 valence electrons. The van der Waals surface area contributed by atoms with Gasteiger partial charge in [0.1, 0.15) is 19.0 Å². The van der Waals surface area contributed by atoms with Crippen LogP contribution in [0.25, 0.3) is 0 Å². The van der Waals surface area contributed by atoms with Gasteiger partial charge in [0.15, 0.2) is 11.5 Å². The lowest BCUT2D eigenvalue weighted by Gasteiger charge is -2.22. The molecule has 2 aromatic carbocycles. The summed E-state index contributed by atoms with van der Waals surface area (Å²) in [5.74, 6) is 2.07. The summed E-state index contributed by atoms with van der Waals surface area (Å²) in [5.41, 5.74) is 0.894. The van der Waals surface area contributed by atoms with Crippen LogP contribution in [0.3, 0.4) is 0 Å². The van der Waals surface area contributed by atoms with Crippen LogP contribution in [-0.4, -0.2) is 28.7 Å². The van der Waals surface area contributed by atoms with Gasteiger partial charge >= 0.3 is 0 Å². The van der Waals surface area contributed by atoms with Crippen LogP contribution in [0, 0.1) is 5.92 Å². The summed E-state index contributed by atoms with van der Waals surface area (Å²) in [5, 5.41) is 0. The first-order chi connectivity index (χ1) is 12.9. The predicted molar refractivity (Wildman–Crippen MR) is 103 cm³/mol. The number of hydrogen-bond donors (Lipinski definition) is 1. The smallest absolute Gasteiger partial charge is 0.241 e. The van der Waals surface area contributed by atoms with Crippen LogP contribution in [0.15, 0.2) is 47.4 Å². The van der Waals surface area contributed by atoms with Gasteiger partial charge in [0.2, 0.25) is 10.0 Å². The van der Waals surface area contributed by atoms with E-state index in [0.29, 0.717) is 37.1 Å². The van der Waals surface area contributed by atoms with Crippen molar-refractivity contribution in [2.45, 2.75) is 31.2 Å². The van der Waals surface area contributed by atoms with Crippen molar-refractivity contribution in [3.63, 3.8) is 0 Å². The Labute approximate surface area is 160 Å². The highest BCUT2D eigenvalue weighted by Gasteiger charge is 2.24. The van der Waals surface area contributed by atoms with E-state index in [9.17, 15) is 8.42 Å². The molecule has 0 unspecified atom stereocenters. The average molecular weight is 391 g/mol. The minimum Gasteiger partial charge on any atom is -0.497 e. The summed E-state index contributed by atoms with van der Waals surface area (Å²) in [7, 11) is -2.12. The molecule has 0 saturated carbocycles. The quantitative estimate of drug-likeness (QED) is 0.782. The molecule has 0 aromatic heterocycles. The molecule has 1 aliphatic heterocycles. The Bertz CT molecular complexity index is 878. The van der Waals surface area contributed by atoms with Gasteiger partial charge in [-0.1, -0.05) is 26.0 Å². The molecule has 3 rings (SSSR count). The molecule has 0 fully saturated rings. The second-order valence-electron chi connectivity index (χ2n) is 6.88. The average Bonchev–Trinajstić information content (AvgIpc) is 2.66. The van der Waals surface area contributed by atoms with Crippen molar-refractivity contribution in [2.75, 3.05) is 20.3 Å². The van der Waals surface area contributed by atoms with Crippen LogP contribution in [0.2, 0.25) is 0 Å². The molecular formula is C20H25NO5S. The number of rotatable bonds is 7. The Balaban J connectivity index is 1.87. The third kappa shape index (κ3) is 4.73. The van der Waals surface area contributed by atoms with Gasteiger partial charge < -0.3 is 14.2 Å². The van der Waals surface area contributed by atoms with Crippen molar-refractivity contribution in [3.8, 4) is 17.2 Å². The first kappa shape index (κ1) is 19.5. The van der Waals surface area contributed by atoms with Crippen LogP contribution >= 0.6 is 0 Å². The molecule has 6 nitrogen and oxygen atoms in total. The van der Waals surface area contributed by atoms with E-state index in [-0.39, 0.29) is 10.9 Å². The largest absolute Gasteiger partial charge is 0.497 e. The van der Waals surface area contributed by atoms with Gasteiger partial charge in [-0.2, -0.15) is 0 Å². The zero-order valence-electron chi connectivity index (χ0n) is 15.8. The van der Waals surface area contributed by atoms with Crippen molar-refractivity contribution in [2.24, 2.45) is 5.92 Å². The molecule has 0 aliphatic carbocycles. The molecular weight excluding hydrogens is 366 g/mol. The molecule has 1 aliphatic rings. The van der Waals surface area contributed by atoms with Crippen molar-refractivity contribution in [1.29, 1.82) is 0 Å². The monoisotopic (exact) mass is 391 g/mol. The van der Waals surface area contributed by atoms with E-state index in [1.54, 1.807) is 13.2 Å². The van der Waals surface area contributed by atoms with Gasteiger partial charge in [-0.25, -0.2) is 13.1 Å². The van der Waals surface area contributed by atoms with Crippen LogP contribution in [0.5, 0.6) is 17.2 Å². The SMILES string of the molecule is COc1ccc([C@@H](CC(C)C)NS(=O)(=O)c2ccc3c(c2)OCCO3)cc1. The van der Waals surface area contributed by atoms with E-state index in [1.165, 1.54) is 12.1 Å². The highest BCUT2D eigenvalue weighted by molar-refractivity contribution is 7.89. The van der Waals surface area contributed by atoms with Crippen LogP contribution in [0.1, 0.15) is 31.9 Å². The molecule has 27 heavy (non-hydrogen) atoms. The highest BCUT2D eigenvalue weighted by atomic mass is 32.2. The first-order valence-electron chi connectivity index (χ1n) is 8.95. The maximum Gasteiger partial charge on any atom is 0.241 e. The Morgan fingerprint density at radius 1 is 1.04 bits per heavy atom. The number of sulfonamides is 1. The molecule has 1 N–H and O–H groups in total. The van der Waals surface area contributed by atoms with Gasteiger partial charge in [0.25, 0.3) is 0 Å². The maximum absolute atomic E-state index is 13.0. The molecule has 7 heteroatoms. The fourth-order valence-electron chi connectivity index (χ4n) is 3.01. The third-order valence-corrected chi connectivity index (χ3v) is 5.82. The molecule has 0 saturated heterocycles. The fourth-order valence-corrected chi connectivity index (χ4v) is 4.26. The molecule has 1 heterocycles. The van der Waals surface area contributed by atoms with Crippen molar-refractivity contribution in [1.82, 2.24) is 4.72 Å². The lowest BCUT2D eigenvalue weighted by molar-refractivity contribution is 0.171. The molecule has 2 aromatic rings. The zero-order chi connectivity index (χ0) is 19.4. The fraction of sp³-hybridized carbons (Fsp3) is 0.400. The van der Waals surface area contributed by atoms with E-state index in [2.05, 4.69) is 18.6 Å². The minimum atomic E-state index is -3.72. The van der Waals surface area contributed by atoms with E-state index >= 15 is 0 Å². The molecule has 0 radical (unpaired) electrons. The second kappa shape index (κ2) is 8.19. The first-order valence-corrected chi connectivity index (χ1v) is 10.4. The van der Waals surface area contributed by atoms with E-state index in [0.717, 1.165) is 11.3 Å². The number of benzene rings is 2. The third-order valence-electron chi connectivity index (χ3n) is 4.35. The Morgan fingerprint density at radius 2 is 1.70 bits per heavy atom. The van der Waals surface area contributed by atoms with E-state index in [4.69, 9.17) is 14.2 Å².